The highest BCUT2D eigenvalue weighted by Gasteiger charge is 2.33. The number of aromatic nitrogens is 2. The first-order valence-electron chi connectivity index (χ1n) is 11.7. The number of aryl methyl sites for hydroxylation is 1. The molecule has 1 saturated heterocycles. The summed E-state index contributed by atoms with van der Waals surface area (Å²) in [4.78, 5) is 11.5. The maximum absolute atomic E-state index is 13.3. The third-order valence-corrected chi connectivity index (χ3v) is 6.48. The molecule has 0 amide bonds. The van der Waals surface area contributed by atoms with Crippen LogP contribution in [-0.2, 0) is 10.9 Å². The molecule has 7 nitrogen and oxygen atoms in total. The quantitative estimate of drug-likeness (QED) is 0.496. The maximum Gasteiger partial charge on any atom is 0.416 e. The first-order chi connectivity index (χ1) is 16.6. The summed E-state index contributed by atoms with van der Waals surface area (Å²) in [5.74, 6) is 1.84. The van der Waals surface area contributed by atoms with Crippen LogP contribution in [0, 0.1) is 6.92 Å². The van der Waals surface area contributed by atoms with Crippen molar-refractivity contribution in [3.05, 3.63) is 47.3 Å². The van der Waals surface area contributed by atoms with Crippen molar-refractivity contribution >= 4 is 28.1 Å². The maximum atomic E-state index is 13.3. The summed E-state index contributed by atoms with van der Waals surface area (Å²) in [6, 6.07) is 7.29. The molecule has 0 saturated carbocycles. The van der Waals surface area contributed by atoms with Crippen molar-refractivity contribution in [3.63, 3.8) is 0 Å². The van der Waals surface area contributed by atoms with E-state index in [0.29, 0.717) is 29.3 Å². The van der Waals surface area contributed by atoms with Crippen molar-refractivity contribution in [3.8, 4) is 5.75 Å². The van der Waals surface area contributed by atoms with Gasteiger partial charge in [-0.15, -0.1) is 0 Å². The summed E-state index contributed by atoms with van der Waals surface area (Å²) >= 11 is 0. The van der Waals surface area contributed by atoms with Gasteiger partial charge in [0.15, 0.2) is 0 Å². The number of hydrogen-bond donors (Lipinski definition) is 2. The smallest absolute Gasteiger partial charge is 0.416 e. The zero-order valence-electron chi connectivity index (χ0n) is 19.8. The van der Waals surface area contributed by atoms with Gasteiger partial charge in [0.2, 0.25) is 0 Å². The topological polar surface area (TPSA) is 85.5 Å². The molecular weight excluding hydrogens is 459 g/mol. The van der Waals surface area contributed by atoms with Crippen LogP contribution in [0.5, 0.6) is 5.75 Å². The van der Waals surface area contributed by atoms with Gasteiger partial charge in [0.25, 0.3) is 0 Å². The lowest BCUT2D eigenvalue weighted by Gasteiger charge is -2.38. The van der Waals surface area contributed by atoms with Crippen LogP contribution < -0.4 is 20.7 Å². The lowest BCUT2D eigenvalue weighted by molar-refractivity contribution is -0.137. The molecule has 0 radical (unpaired) electrons. The van der Waals surface area contributed by atoms with Crippen LogP contribution in [-0.4, -0.2) is 41.9 Å². The lowest BCUT2D eigenvalue weighted by Crippen LogP contribution is -2.45. The second kappa shape index (κ2) is 8.75. The zero-order valence-corrected chi connectivity index (χ0v) is 19.8. The van der Waals surface area contributed by atoms with Crippen molar-refractivity contribution in [2.24, 2.45) is 0 Å². The molecule has 0 bridgehead atoms. The van der Waals surface area contributed by atoms with E-state index in [1.165, 1.54) is 0 Å². The Morgan fingerprint density at radius 1 is 1.17 bits per heavy atom. The number of fused-ring (bicyclic) bond motifs is 2. The van der Waals surface area contributed by atoms with Gasteiger partial charge in [-0.05, 0) is 57.0 Å². The second-order valence-corrected chi connectivity index (χ2v) is 9.31. The number of benzene rings is 2. The Bertz CT molecular complexity index is 1260. The minimum Gasteiger partial charge on any atom is -0.487 e. The van der Waals surface area contributed by atoms with Crippen LogP contribution in [0.2, 0.25) is 0 Å². The summed E-state index contributed by atoms with van der Waals surface area (Å²) in [6.45, 7) is 7.73. The minimum atomic E-state index is -4.48. The van der Waals surface area contributed by atoms with E-state index in [9.17, 15) is 13.2 Å². The Morgan fingerprint density at radius 2 is 1.97 bits per heavy atom. The fourth-order valence-electron chi connectivity index (χ4n) is 4.81. The largest absolute Gasteiger partial charge is 0.487 e. The standard InChI is InChI=1S/C25H28F3N5O2/c1-13-11-33(19-4-5-34-12-19)22-9-20-21(10-23(22)35-13)31-15(3)32-24(20)30-14(2)16-6-17(25(26,27)28)8-18(29)7-16/h6-10,13-14,19H,4-5,11-12,29H2,1-3H3,(H,30,31,32)/t13?,14-,19?/m1/s1. The Labute approximate surface area is 201 Å². The molecule has 1 aromatic heterocycles. The van der Waals surface area contributed by atoms with E-state index < -0.39 is 17.8 Å². The number of nitrogens with zero attached hydrogens (tertiary/aromatic N) is 3. The van der Waals surface area contributed by atoms with Crippen molar-refractivity contribution in [1.82, 2.24) is 9.97 Å². The molecule has 35 heavy (non-hydrogen) atoms. The van der Waals surface area contributed by atoms with Crippen LogP contribution >= 0.6 is 0 Å². The van der Waals surface area contributed by atoms with Crippen LogP contribution in [0.25, 0.3) is 10.9 Å². The van der Waals surface area contributed by atoms with E-state index in [1.54, 1.807) is 19.9 Å². The van der Waals surface area contributed by atoms with E-state index in [-0.39, 0.29) is 17.8 Å². The number of alkyl halides is 3. The molecule has 5 rings (SSSR count). The molecule has 10 heteroatoms. The van der Waals surface area contributed by atoms with Crippen molar-refractivity contribution in [2.75, 3.05) is 35.7 Å². The van der Waals surface area contributed by atoms with Gasteiger partial charge in [-0.2, -0.15) is 13.2 Å². The molecule has 3 atom stereocenters. The summed E-state index contributed by atoms with van der Waals surface area (Å²) < 4.78 is 51.7. The third-order valence-electron chi connectivity index (χ3n) is 6.48. The number of ether oxygens (including phenoxy) is 2. The number of hydrogen-bond acceptors (Lipinski definition) is 7. The van der Waals surface area contributed by atoms with Crippen molar-refractivity contribution in [1.29, 1.82) is 0 Å². The Balaban J connectivity index is 1.55. The normalized spacial score (nSPS) is 21.0. The molecule has 2 unspecified atom stereocenters. The average Bonchev–Trinajstić information content (AvgIpc) is 3.31. The molecule has 3 heterocycles. The first kappa shape index (κ1) is 23.5. The molecule has 2 aliphatic heterocycles. The Kier molecular flexibility index (Phi) is 5.86. The molecule has 186 valence electrons. The van der Waals surface area contributed by atoms with Crippen molar-refractivity contribution in [2.45, 2.75) is 51.6 Å². The fraction of sp³-hybridized carbons (Fsp3) is 0.440. The molecular formula is C25H28F3N5O2. The van der Waals surface area contributed by atoms with Gasteiger partial charge in [0, 0.05) is 23.7 Å². The number of nitrogen functional groups attached to an aromatic ring is 1. The molecule has 2 aromatic carbocycles. The van der Waals surface area contributed by atoms with Gasteiger partial charge in [0.05, 0.1) is 42.0 Å². The second-order valence-electron chi connectivity index (χ2n) is 9.31. The number of nitrogens with two attached hydrogens (primary N) is 1. The molecule has 0 aliphatic carbocycles. The van der Waals surface area contributed by atoms with Crippen LogP contribution in [0.4, 0.5) is 30.4 Å². The predicted molar refractivity (Wildman–Crippen MR) is 129 cm³/mol. The minimum absolute atomic E-state index is 0.0208. The number of nitrogens with one attached hydrogen (secondary N) is 1. The summed E-state index contributed by atoms with van der Waals surface area (Å²) in [5, 5.41) is 4.06. The van der Waals surface area contributed by atoms with Crippen LogP contribution in [0.1, 0.15) is 43.3 Å². The highest BCUT2D eigenvalue weighted by molar-refractivity contribution is 5.94. The SMILES string of the molecule is Cc1nc(N[C@H](C)c2cc(N)cc(C(F)(F)F)c2)c2cc3c(cc2n1)OC(C)CN3C1CCOC1. The van der Waals surface area contributed by atoms with E-state index >= 15 is 0 Å². The molecule has 1 fully saturated rings. The van der Waals surface area contributed by atoms with Crippen LogP contribution in [0.15, 0.2) is 30.3 Å². The van der Waals surface area contributed by atoms with E-state index in [2.05, 4.69) is 20.2 Å². The van der Waals surface area contributed by atoms with Crippen molar-refractivity contribution < 1.29 is 22.6 Å². The molecule has 3 N–H and O–H groups in total. The van der Waals surface area contributed by atoms with Gasteiger partial charge in [-0.3, -0.25) is 0 Å². The van der Waals surface area contributed by atoms with Crippen LogP contribution in [0.3, 0.4) is 0 Å². The van der Waals surface area contributed by atoms with Gasteiger partial charge >= 0.3 is 6.18 Å². The monoisotopic (exact) mass is 487 g/mol. The number of halogens is 3. The van der Waals surface area contributed by atoms with Gasteiger partial charge in [-0.1, -0.05) is 0 Å². The van der Waals surface area contributed by atoms with E-state index in [1.807, 2.05) is 19.1 Å². The zero-order chi connectivity index (χ0) is 24.9. The Hall–Kier alpha value is -3.27. The number of anilines is 3. The molecule has 0 spiro atoms. The molecule has 3 aromatic rings. The average molecular weight is 488 g/mol. The van der Waals surface area contributed by atoms with E-state index in [0.717, 1.165) is 48.5 Å². The summed E-state index contributed by atoms with van der Waals surface area (Å²) in [7, 11) is 0. The van der Waals surface area contributed by atoms with E-state index in [4.69, 9.17) is 15.2 Å². The highest BCUT2D eigenvalue weighted by Crippen LogP contribution is 2.41. The summed E-state index contributed by atoms with van der Waals surface area (Å²) in [6.07, 6.45) is -3.52. The number of rotatable bonds is 4. The van der Waals surface area contributed by atoms with Gasteiger partial charge in [0.1, 0.15) is 23.5 Å². The fourth-order valence-corrected chi connectivity index (χ4v) is 4.81. The molecule has 2 aliphatic rings. The summed E-state index contributed by atoms with van der Waals surface area (Å²) in [5.41, 5.74) is 7.12. The highest BCUT2D eigenvalue weighted by atomic mass is 19.4. The van der Waals surface area contributed by atoms with Gasteiger partial charge in [-0.25, -0.2) is 9.97 Å². The van der Waals surface area contributed by atoms with Gasteiger partial charge < -0.3 is 25.4 Å². The predicted octanol–water partition coefficient (Wildman–Crippen LogP) is 5.09. The Morgan fingerprint density at radius 3 is 2.69 bits per heavy atom. The lowest BCUT2D eigenvalue weighted by atomic mass is 10.0. The first-order valence-corrected chi connectivity index (χ1v) is 11.7. The third kappa shape index (κ3) is 4.67.